The van der Waals surface area contributed by atoms with E-state index in [1.807, 2.05) is 30.9 Å². The maximum atomic E-state index is 6.31. The zero-order valence-electron chi connectivity index (χ0n) is 18.8. The molecule has 0 spiro atoms. The van der Waals surface area contributed by atoms with E-state index in [4.69, 9.17) is 16.3 Å². The van der Waals surface area contributed by atoms with Gasteiger partial charge in [-0.15, -0.1) is 0 Å². The molecule has 0 atom stereocenters. The summed E-state index contributed by atoms with van der Waals surface area (Å²) in [5, 5.41) is 9.03. The molecule has 1 N–H and O–H groups in total. The number of hydrogen-bond donors (Lipinski definition) is 1. The van der Waals surface area contributed by atoms with Crippen LogP contribution < -0.4 is 5.32 Å². The van der Waals surface area contributed by atoms with Crippen molar-refractivity contribution in [2.24, 2.45) is 12.0 Å². The third kappa shape index (κ3) is 5.16. The third-order valence-corrected chi connectivity index (χ3v) is 6.17. The summed E-state index contributed by atoms with van der Waals surface area (Å²) in [6.45, 7) is 7.43. The van der Waals surface area contributed by atoms with Crippen LogP contribution in [0.2, 0.25) is 5.02 Å². The second kappa shape index (κ2) is 9.84. The average Bonchev–Trinajstić information content (AvgIpc) is 3.09. The number of ether oxygens (including phenoxy) is 1. The molecule has 1 aromatic carbocycles. The summed E-state index contributed by atoms with van der Waals surface area (Å²) >= 11 is 6.31. The molecule has 164 valence electrons. The van der Waals surface area contributed by atoms with Crippen LogP contribution >= 0.6 is 11.6 Å². The molecule has 0 bridgehead atoms. The number of aromatic nitrogens is 2. The van der Waals surface area contributed by atoms with Gasteiger partial charge in [0.2, 0.25) is 0 Å². The molecule has 3 rings (SSSR count). The van der Waals surface area contributed by atoms with Gasteiger partial charge in [0.1, 0.15) is 0 Å². The van der Waals surface area contributed by atoms with Crippen molar-refractivity contribution in [2.45, 2.75) is 44.6 Å². The molecule has 0 saturated carbocycles. The Bertz CT molecular complexity index is 870. The maximum absolute atomic E-state index is 6.31. The molecule has 0 aliphatic carbocycles. The molecule has 1 saturated heterocycles. The molecular formula is C23H34ClN5O. The topological polar surface area (TPSA) is 54.7 Å². The van der Waals surface area contributed by atoms with Gasteiger partial charge in [-0.25, -0.2) is 0 Å². The van der Waals surface area contributed by atoms with E-state index in [9.17, 15) is 0 Å². The van der Waals surface area contributed by atoms with E-state index in [0.717, 1.165) is 55.8 Å². The summed E-state index contributed by atoms with van der Waals surface area (Å²) in [5.41, 5.74) is 3.61. The Morgan fingerprint density at radius 1 is 1.37 bits per heavy atom. The summed E-state index contributed by atoms with van der Waals surface area (Å²) in [6, 6.07) is 8.23. The highest BCUT2D eigenvalue weighted by molar-refractivity contribution is 6.30. The fourth-order valence-corrected chi connectivity index (χ4v) is 4.46. The van der Waals surface area contributed by atoms with Crippen molar-refractivity contribution in [3.63, 3.8) is 0 Å². The molecule has 30 heavy (non-hydrogen) atoms. The van der Waals surface area contributed by atoms with Gasteiger partial charge >= 0.3 is 0 Å². The number of nitrogens with one attached hydrogen (secondary N) is 1. The minimum atomic E-state index is -0.0165. The Balaban J connectivity index is 1.74. The Labute approximate surface area is 185 Å². The van der Waals surface area contributed by atoms with E-state index in [-0.39, 0.29) is 5.41 Å². The largest absolute Gasteiger partial charge is 0.381 e. The van der Waals surface area contributed by atoms with Crippen molar-refractivity contribution < 1.29 is 4.74 Å². The predicted octanol–water partition coefficient (Wildman–Crippen LogP) is 3.95. The highest BCUT2D eigenvalue weighted by Gasteiger charge is 2.35. The van der Waals surface area contributed by atoms with Crippen LogP contribution in [0.25, 0.3) is 0 Å². The smallest absolute Gasteiger partial charge is 0.193 e. The SMILES string of the molecule is CN=C(NCC1(c2cccc(Cl)c2)CCOCC1)N(C)Cc1cn(C)nc1C(C)C. The normalized spacial score (nSPS) is 16.7. The molecule has 1 aliphatic heterocycles. The van der Waals surface area contributed by atoms with Gasteiger partial charge in [0, 0.05) is 69.6 Å². The Hall–Kier alpha value is -2.05. The summed E-state index contributed by atoms with van der Waals surface area (Å²) in [7, 11) is 5.88. The van der Waals surface area contributed by atoms with Gasteiger partial charge in [-0.3, -0.25) is 9.67 Å². The Morgan fingerprint density at radius 3 is 2.73 bits per heavy atom. The first-order chi connectivity index (χ1) is 14.3. The number of benzene rings is 1. The number of halogens is 1. The van der Waals surface area contributed by atoms with Gasteiger partial charge in [0.15, 0.2) is 5.96 Å². The minimum absolute atomic E-state index is 0.0165. The molecule has 2 heterocycles. The lowest BCUT2D eigenvalue weighted by molar-refractivity contribution is 0.0512. The first kappa shape index (κ1) is 22.6. The number of guanidine groups is 1. The van der Waals surface area contributed by atoms with Gasteiger partial charge in [-0.05, 0) is 36.5 Å². The second-order valence-corrected chi connectivity index (χ2v) is 8.96. The van der Waals surface area contributed by atoms with Crippen molar-refractivity contribution in [3.8, 4) is 0 Å². The van der Waals surface area contributed by atoms with Crippen molar-refractivity contribution >= 4 is 17.6 Å². The fourth-order valence-electron chi connectivity index (χ4n) is 4.27. The molecule has 1 fully saturated rings. The van der Waals surface area contributed by atoms with Crippen molar-refractivity contribution in [1.82, 2.24) is 20.0 Å². The van der Waals surface area contributed by atoms with Crippen LogP contribution in [0.3, 0.4) is 0 Å². The van der Waals surface area contributed by atoms with Crippen LogP contribution in [0.1, 0.15) is 49.4 Å². The standard InChI is InChI=1S/C23H34ClN5O/c1-17(2)21-18(15-29(5)27-21)14-28(4)22(25-3)26-16-23(9-11-30-12-10-23)19-7-6-8-20(24)13-19/h6-8,13,15,17H,9-12,14,16H2,1-5H3,(H,25,26). The number of aliphatic imine (C=N–C) groups is 1. The van der Waals surface area contributed by atoms with Gasteiger partial charge in [0.25, 0.3) is 0 Å². The molecule has 6 nitrogen and oxygen atoms in total. The van der Waals surface area contributed by atoms with Crippen LogP contribution in [-0.4, -0.2) is 54.5 Å². The molecule has 1 aromatic heterocycles. The van der Waals surface area contributed by atoms with Crippen LogP contribution in [0.15, 0.2) is 35.5 Å². The van der Waals surface area contributed by atoms with E-state index in [0.29, 0.717) is 5.92 Å². The summed E-state index contributed by atoms with van der Waals surface area (Å²) in [4.78, 5) is 6.70. The van der Waals surface area contributed by atoms with Crippen LogP contribution in [0, 0.1) is 0 Å². The lowest BCUT2D eigenvalue weighted by Crippen LogP contribution is -2.48. The van der Waals surface area contributed by atoms with E-state index < -0.39 is 0 Å². The van der Waals surface area contributed by atoms with Gasteiger partial charge < -0.3 is 15.0 Å². The molecule has 1 aliphatic rings. The molecule has 2 aromatic rings. The highest BCUT2D eigenvalue weighted by atomic mass is 35.5. The maximum Gasteiger partial charge on any atom is 0.193 e. The van der Waals surface area contributed by atoms with E-state index in [1.165, 1.54) is 11.1 Å². The first-order valence-corrected chi connectivity index (χ1v) is 11.0. The van der Waals surface area contributed by atoms with Gasteiger partial charge in [0.05, 0.1) is 5.69 Å². The average molecular weight is 432 g/mol. The van der Waals surface area contributed by atoms with E-state index >= 15 is 0 Å². The summed E-state index contributed by atoms with van der Waals surface area (Å²) in [6.07, 6.45) is 4.02. The van der Waals surface area contributed by atoms with Crippen LogP contribution in [-0.2, 0) is 23.7 Å². The fraction of sp³-hybridized carbons (Fsp3) is 0.565. The van der Waals surface area contributed by atoms with Gasteiger partial charge in [-0.2, -0.15) is 5.10 Å². The highest BCUT2D eigenvalue weighted by Crippen LogP contribution is 2.35. The van der Waals surface area contributed by atoms with Crippen LogP contribution in [0.4, 0.5) is 0 Å². The Kier molecular flexibility index (Phi) is 7.42. The first-order valence-electron chi connectivity index (χ1n) is 10.6. The summed E-state index contributed by atoms with van der Waals surface area (Å²) in [5.74, 6) is 1.26. The van der Waals surface area contributed by atoms with E-state index in [2.05, 4.69) is 59.5 Å². The monoisotopic (exact) mass is 431 g/mol. The predicted molar refractivity (Wildman–Crippen MR) is 123 cm³/mol. The molecule has 0 unspecified atom stereocenters. The molecule has 7 heteroatoms. The quantitative estimate of drug-likeness (QED) is 0.555. The number of aryl methyl sites for hydroxylation is 1. The second-order valence-electron chi connectivity index (χ2n) is 8.53. The molecule has 0 radical (unpaired) electrons. The van der Waals surface area contributed by atoms with Gasteiger partial charge in [-0.1, -0.05) is 37.6 Å². The molecular weight excluding hydrogens is 398 g/mol. The number of hydrogen-bond acceptors (Lipinski definition) is 3. The van der Waals surface area contributed by atoms with Crippen LogP contribution in [0.5, 0.6) is 0 Å². The zero-order chi connectivity index (χ0) is 21.7. The molecule has 0 amide bonds. The van der Waals surface area contributed by atoms with Crippen molar-refractivity contribution in [3.05, 3.63) is 52.3 Å². The third-order valence-electron chi connectivity index (χ3n) is 5.94. The van der Waals surface area contributed by atoms with Crippen molar-refractivity contribution in [2.75, 3.05) is 33.9 Å². The lowest BCUT2D eigenvalue weighted by Gasteiger charge is -2.39. The van der Waals surface area contributed by atoms with Crippen molar-refractivity contribution in [1.29, 1.82) is 0 Å². The number of rotatable bonds is 6. The Morgan fingerprint density at radius 2 is 2.10 bits per heavy atom. The lowest BCUT2D eigenvalue weighted by atomic mass is 9.74. The number of nitrogens with zero attached hydrogens (tertiary/aromatic N) is 4. The van der Waals surface area contributed by atoms with E-state index in [1.54, 1.807) is 0 Å². The minimum Gasteiger partial charge on any atom is -0.381 e. The zero-order valence-corrected chi connectivity index (χ0v) is 19.5. The summed E-state index contributed by atoms with van der Waals surface area (Å²) < 4.78 is 7.56.